The molecule has 1 aliphatic rings. The Kier molecular flexibility index (Phi) is 6.96. The van der Waals surface area contributed by atoms with Crippen LogP contribution in [0, 0.1) is 0 Å². The van der Waals surface area contributed by atoms with Gasteiger partial charge in [-0.1, -0.05) is 20.8 Å². The molecule has 4 nitrogen and oxygen atoms in total. The Labute approximate surface area is 99.3 Å². The minimum Gasteiger partial charge on any atom is -0.377 e. The maximum absolute atomic E-state index is 5.65. The van der Waals surface area contributed by atoms with Gasteiger partial charge in [-0.3, -0.25) is 4.90 Å². The van der Waals surface area contributed by atoms with Gasteiger partial charge in [0.25, 0.3) is 0 Å². The lowest BCUT2D eigenvalue weighted by Crippen LogP contribution is -2.44. The van der Waals surface area contributed by atoms with E-state index in [0.29, 0.717) is 6.04 Å². The molecule has 16 heavy (non-hydrogen) atoms. The maximum atomic E-state index is 5.65. The Balaban J connectivity index is 1.99. The van der Waals surface area contributed by atoms with E-state index in [-0.39, 0.29) is 6.10 Å². The Morgan fingerprint density at radius 3 is 3.00 bits per heavy atom. The lowest BCUT2D eigenvalue weighted by molar-refractivity contribution is -0.0674. The van der Waals surface area contributed by atoms with Crippen molar-refractivity contribution >= 4 is 0 Å². The molecule has 0 spiro atoms. The zero-order chi connectivity index (χ0) is 11.8. The average molecular weight is 230 g/mol. The van der Waals surface area contributed by atoms with Gasteiger partial charge in [-0.25, -0.2) is 0 Å². The van der Waals surface area contributed by atoms with Crippen molar-refractivity contribution in [3.05, 3.63) is 0 Å². The summed E-state index contributed by atoms with van der Waals surface area (Å²) in [6.07, 6.45) is 0.257. The molecule has 1 unspecified atom stereocenters. The highest BCUT2D eigenvalue weighted by atomic mass is 16.5. The topological polar surface area (TPSA) is 33.7 Å². The van der Waals surface area contributed by atoms with Crippen molar-refractivity contribution < 1.29 is 9.47 Å². The standard InChI is InChI=1S/C12H26N2O2/c1-4-14-6-8-16-12(9-14)10-15-7-5-13-11(2)3/h11-13H,4-10H2,1-3H3. The molecule has 1 atom stereocenters. The number of ether oxygens (including phenoxy) is 2. The summed E-state index contributed by atoms with van der Waals surface area (Å²) in [6, 6.07) is 0.533. The Bertz CT molecular complexity index is 176. The maximum Gasteiger partial charge on any atom is 0.0935 e. The first-order valence-electron chi connectivity index (χ1n) is 6.37. The van der Waals surface area contributed by atoms with Crippen LogP contribution in [0.4, 0.5) is 0 Å². The van der Waals surface area contributed by atoms with Crippen LogP contribution in [0.5, 0.6) is 0 Å². The third-order valence-electron chi connectivity index (χ3n) is 2.77. The zero-order valence-electron chi connectivity index (χ0n) is 10.9. The molecule has 1 aliphatic heterocycles. The number of hydrogen-bond acceptors (Lipinski definition) is 4. The summed E-state index contributed by atoms with van der Waals surface area (Å²) >= 11 is 0. The fourth-order valence-corrected chi connectivity index (χ4v) is 1.80. The smallest absolute Gasteiger partial charge is 0.0935 e. The van der Waals surface area contributed by atoms with E-state index < -0.39 is 0 Å². The van der Waals surface area contributed by atoms with Crippen LogP contribution in [0.2, 0.25) is 0 Å². The molecule has 0 amide bonds. The normalized spacial score (nSPS) is 22.9. The van der Waals surface area contributed by atoms with Crippen molar-refractivity contribution in [2.24, 2.45) is 0 Å². The molecule has 1 fully saturated rings. The van der Waals surface area contributed by atoms with Gasteiger partial charge in [0, 0.05) is 25.7 Å². The van der Waals surface area contributed by atoms with Gasteiger partial charge in [-0.05, 0) is 6.54 Å². The van der Waals surface area contributed by atoms with E-state index in [0.717, 1.165) is 46.0 Å². The number of hydrogen-bond donors (Lipinski definition) is 1. The van der Waals surface area contributed by atoms with Crippen molar-refractivity contribution in [2.75, 3.05) is 46.0 Å². The van der Waals surface area contributed by atoms with Crippen LogP contribution in [-0.2, 0) is 9.47 Å². The molecule has 96 valence electrons. The number of nitrogens with one attached hydrogen (secondary N) is 1. The van der Waals surface area contributed by atoms with E-state index in [1.165, 1.54) is 0 Å². The second kappa shape index (κ2) is 8.01. The van der Waals surface area contributed by atoms with Crippen LogP contribution < -0.4 is 5.32 Å². The number of likely N-dealkylation sites (N-methyl/N-ethyl adjacent to an activating group) is 1. The van der Waals surface area contributed by atoms with E-state index in [9.17, 15) is 0 Å². The van der Waals surface area contributed by atoms with Crippen molar-refractivity contribution in [1.82, 2.24) is 10.2 Å². The van der Waals surface area contributed by atoms with Gasteiger partial charge in [-0.15, -0.1) is 0 Å². The highest BCUT2D eigenvalue weighted by molar-refractivity contribution is 4.69. The molecule has 4 heteroatoms. The molecule has 1 heterocycles. The van der Waals surface area contributed by atoms with Gasteiger partial charge in [0.15, 0.2) is 0 Å². The summed E-state index contributed by atoms with van der Waals surface area (Å²) in [4.78, 5) is 2.41. The molecule has 0 radical (unpaired) electrons. The van der Waals surface area contributed by atoms with Gasteiger partial charge < -0.3 is 14.8 Å². The molecule has 0 aromatic heterocycles. The molecule has 0 aromatic rings. The summed E-state index contributed by atoms with van der Waals surface area (Å²) in [5.74, 6) is 0. The Morgan fingerprint density at radius 2 is 2.31 bits per heavy atom. The fraction of sp³-hybridized carbons (Fsp3) is 1.00. The van der Waals surface area contributed by atoms with E-state index >= 15 is 0 Å². The van der Waals surface area contributed by atoms with Crippen LogP contribution in [0.15, 0.2) is 0 Å². The molecule has 1 rings (SSSR count). The van der Waals surface area contributed by atoms with Crippen molar-refractivity contribution in [3.8, 4) is 0 Å². The van der Waals surface area contributed by atoms with Gasteiger partial charge in [0.2, 0.25) is 0 Å². The molecular weight excluding hydrogens is 204 g/mol. The van der Waals surface area contributed by atoms with Crippen LogP contribution in [0.1, 0.15) is 20.8 Å². The highest BCUT2D eigenvalue weighted by Gasteiger charge is 2.18. The summed E-state index contributed by atoms with van der Waals surface area (Å²) in [5, 5.41) is 3.33. The molecule has 0 bridgehead atoms. The highest BCUT2D eigenvalue weighted by Crippen LogP contribution is 2.04. The van der Waals surface area contributed by atoms with Crippen LogP contribution in [0.25, 0.3) is 0 Å². The first-order chi connectivity index (χ1) is 7.72. The Hall–Kier alpha value is -0.160. The number of morpholine rings is 1. The summed E-state index contributed by atoms with van der Waals surface area (Å²) in [6.45, 7) is 12.9. The predicted octanol–water partition coefficient (Wildman–Crippen LogP) is 0.722. The van der Waals surface area contributed by atoms with Crippen molar-refractivity contribution in [1.29, 1.82) is 0 Å². The first-order valence-corrected chi connectivity index (χ1v) is 6.37. The van der Waals surface area contributed by atoms with Crippen LogP contribution in [-0.4, -0.2) is 63.0 Å². The van der Waals surface area contributed by atoms with Gasteiger partial charge in [0.05, 0.1) is 25.9 Å². The van der Waals surface area contributed by atoms with Crippen LogP contribution in [0.3, 0.4) is 0 Å². The van der Waals surface area contributed by atoms with Crippen LogP contribution >= 0.6 is 0 Å². The zero-order valence-corrected chi connectivity index (χ0v) is 10.9. The summed E-state index contributed by atoms with van der Waals surface area (Å²) in [5.41, 5.74) is 0. The molecule has 1 saturated heterocycles. The summed E-state index contributed by atoms with van der Waals surface area (Å²) < 4.78 is 11.3. The minimum absolute atomic E-state index is 0.257. The van der Waals surface area contributed by atoms with E-state index in [1.807, 2.05) is 0 Å². The van der Waals surface area contributed by atoms with Gasteiger partial charge in [-0.2, -0.15) is 0 Å². The predicted molar refractivity (Wildman–Crippen MR) is 65.8 cm³/mol. The van der Waals surface area contributed by atoms with E-state index in [2.05, 4.69) is 31.0 Å². The van der Waals surface area contributed by atoms with Gasteiger partial charge in [0.1, 0.15) is 0 Å². The first kappa shape index (κ1) is 13.9. The average Bonchev–Trinajstić information content (AvgIpc) is 2.28. The number of rotatable bonds is 7. The van der Waals surface area contributed by atoms with Gasteiger partial charge >= 0.3 is 0 Å². The third-order valence-corrected chi connectivity index (χ3v) is 2.77. The van der Waals surface area contributed by atoms with Crippen molar-refractivity contribution in [2.45, 2.75) is 32.9 Å². The minimum atomic E-state index is 0.257. The third kappa shape index (κ3) is 5.80. The monoisotopic (exact) mass is 230 g/mol. The Morgan fingerprint density at radius 1 is 1.50 bits per heavy atom. The van der Waals surface area contributed by atoms with Crippen molar-refractivity contribution in [3.63, 3.8) is 0 Å². The second-order valence-electron chi connectivity index (χ2n) is 4.57. The fourth-order valence-electron chi connectivity index (χ4n) is 1.80. The number of nitrogens with zero attached hydrogens (tertiary/aromatic N) is 1. The SMILES string of the molecule is CCN1CCOC(COCCNC(C)C)C1. The van der Waals surface area contributed by atoms with E-state index in [1.54, 1.807) is 0 Å². The second-order valence-corrected chi connectivity index (χ2v) is 4.57. The largest absolute Gasteiger partial charge is 0.377 e. The molecular formula is C12H26N2O2. The molecule has 1 N–H and O–H groups in total. The lowest BCUT2D eigenvalue weighted by atomic mass is 10.3. The van der Waals surface area contributed by atoms with E-state index in [4.69, 9.17) is 9.47 Å². The molecule has 0 saturated carbocycles. The molecule has 0 aliphatic carbocycles. The lowest BCUT2D eigenvalue weighted by Gasteiger charge is -2.31. The molecule has 0 aromatic carbocycles. The summed E-state index contributed by atoms with van der Waals surface area (Å²) in [7, 11) is 0. The quantitative estimate of drug-likeness (QED) is 0.654.